The Balaban J connectivity index is 2.43. The Morgan fingerprint density at radius 2 is 2.25 bits per heavy atom. The van der Waals surface area contributed by atoms with E-state index in [9.17, 15) is 0 Å². The molecule has 0 bridgehead atoms. The van der Waals surface area contributed by atoms with E-state index in [1.165, 1.54) is 10.4 Å². The molecule has 2 rings (SSSR count). The lowest BCUT2D eigenvalue weighted by atomic mass is 10.3. The molecule has 2 aromatic rings. The van der Waals surface area contributed by atoms with Crippen molar-refractivity contribution in [3.8, 4) is 10.7 Å². The molecule has 0 radical (unpaired) electrons. The van der Waals surface area contributed by atoms with Gasteiger partial charge in [-0.25, -0.2) is 4.98 Å². The summed E-state index contributed by atoms with van der Waals surface area (Å²) in [5.41, 5.74) is 2.40. The summed E-state index contributed by atoms with van der Waals surface area (Å²) in [4.78, 5) is 8.67. The summed E-state index contributed by atoms with van der Waals surface area (Å²) >= 11 is 1.72. The van der Waals surface area contributed by atoms with E-state index in [0.717, 1.165) is 11.5 Å². The van der Waals surface area contributed by atoms with Crippen molar-refractivity contribution in [2.24, 2.45) is 0 Å². The predicted octanol–water partition coefficient (Wildman–Crippen LogP) is 2.76. The highest BCUT2D eigenvalue weighted by atomic mass is 32.1. The quantitative estimate of drug-likeness (QED) is 0.714. The molecule has 2 aromatic heterocycles. The fourth-order valence-corrected chi connectivity index (χ4v) is 1.94. The van der Waals surface area contributed by atoms with Crippen LogP contribution < -0.4 is 0 Å². The van der Waals surface area contributed by atoms with E-state index in [4.69, 9.17) is 0 Å². The number of hydrogen-bond acceptors (Lipinski definition) is 2. The molecule has 0 aliphatic rings. The molecule has 3 heteroatoms. The minimum Gasteiger partial charge on any atom is -0.341 e. The summed E-state index contributed by atoms with van der Waals surface area (Å²) in [6.45, 7) is 4.10. The van der Waals surface area contributed by atoms with Gasteiger partial charge in [0.1, 0.15) is 5.82 Å². The number of aromatic nitrogens is 2. The number of aryl methyl sites for hydroxylation is 2. The van der Waals surface area contributed by atoms with Gasteiger partial charge in [-0.05, 0) is 30.9 Å². The van der Waals surface area contributed by atoms with Crippen LogP contribution in [0.25, 0.3) is 10.7 Å². The van der Waals surface area contributed by atoms with E-state index < -0.39 is 0 Å². The number of nitrogens with one attached hydrogen (secondary N) is 1. The van der Waals surface area contributed by atoms with Crippen LogP contribution in [-0.2, 0) is 0 Å². The van der Waals surface area contributed by atoms with Gasteiger partial charge in [0.15, 0.2) is 0 Å². The number of imidazole rings is 1. The molecule has 12 heavy (non-hydrogen) atoms. The smallest absolute Gasteiger partial charge is 0.147 e. The van der Waals surface area contributed by atoms with Crippen LogP contribution in [-0.4, -0.2) is 9.97 Å². The lowest BCUT2D eigenvalue weighted by Gasteiger charge is -1.87. The van der Waals surface area contributed by atoms with Gasteiger partial charge in [0.25, 0.3) is 0 Å². The summed E-state index contributed by atoms with van der Waals surface area (Å²) in [6.07, 6.45) is 1.85. The van der Waals surface area contributed by atoms with Gasteiger partial charge in [-0.3, -0.25) is 0 Å². The van der Waals surface area contributed by atoms with Crippen molar-refractivity contribution in [2.75, 3.05) is 0 Å². The Hall–Kier alpha value is -1.09. The Morgan fingerprint density at radius 3 is 2.75 bits per heavy atom. The van der Waals surface area contributed by atoms with E-state index in [-0.39, 0.29) is 0 Å². The maximum Gasteiger partial charge on any atom is 0.147 e. The second kappa shape index (κ2) is 2.75. The van der Waals surface area contributed by atoms with Crippen LogP contribution in [0, 0.1) is 13.8 Å². The summed E-state index contributed by atoms with van der Waals surface area (Å²) in [5, 5.41) is 2.13. The molecule has 0 fully saturated rings. The largest absolute Gasteiger partial charge is 0.341 e. The summed E-state index contributed by atoms with van der Waals surface area (Å²) < 4.78 is 0. The number of nitrogens with zero attached hydrogens (tertiary/aromatic N) is 1. The van der Waals surface area contributed by atoms with Gasteiger partial charge in [0.05, 0.1) is 4.88 Å². The fourth-order valence-electron chi connectivity index (χ4n) is 1.09. The van der Waals surface area contributed by atoms with Crippen molar-refractivity contribution >= 4 is 11.3 Å². The molecule has 0 atom stereocenters. The molecular weight excluding hydrogens is 168 g/mol. The standard InChI is InChI=1S/C9H10N2S/c1-6-3-8(12-5-6)9-10-4-7(2)11-9/h3-5H,1-2H3,(H,10,11). The predicted molar refractivity (Wildman–Crippen MR) is 51.4 cm³/mol. The van der Waals surface area contributed by atoms with Crippen molar-refractivity contribution in [1.82, 2.24) is 9.97 Å². The zero-order valence-corrected chi connectivity index (χ0v) is 7.90. The third-order valence-electron chi connectivity index (χ3n) is 1.67. The van der Waals surface area contributed by atoms with Gasteiger partial charge in [-0.15, -0.1) is 11.3 Å². The normalized spacial score (nSPS) is 10.5. The van der Waals surface area contributed by atoms with Gasteiger partial charge in [-0.1, -0.05) is 0 Å². The number of thiophene rings is 1. The zero-order valence-electron chi connectivity index (χ0n) is 7.09. The number of hydrogen-bond donors (Lipinski definition) is 1. The molecule has 62 valence electrons. The first-order valence-electron chi connectivity index (χ1n) is 3.83. The molecule has 0 amide bonds. The second-order valence-electron chi connectivity index (χ2n) is 2.90. The van der Waals surface area contributed by atoms with Crippen LogP contribution >= 0.6 is 11.3 Å². The van der Waals surface area contributed by atoms with E-state index in [2.05, 4.69) is 28.3 Å². The molecule has 2 nitrogen and oxygen atoms in total. The highest BCUT2D eigenvalue weighted by Crippen LogP contribution is 2.23. The van der Waals surface area contributed by atoms with E-state index >= 15 is 0 Å². The molecule has 0 aromatic carbocycles. The van der Waals surface area contributed by atoms with E-state index in [1.54, 1.807) is 11.3 Å². The molecule has 0 aliphatic carbocycles. The summed E-state index contributed by atoms with van der Waals surface area (Å²) in [6, 6.07) is 2.14. The van der Waals surface area contributed by atoms with E-state index in [0.29, 0.717) is 0 Å². The zero-order chi connectivity index (χ0) is 8.55. The Kier molecular flexibility index (Phi) is 1.73. The van der Waals surface area contributed by atoms with Crippen molar-refractivity contribution in [1.29, 1.82) is 0 Å². The third-order valence-corrected chi connectivity index (χ3v) is 2.72. The Morgan fingerprint density at radius 1 is 1.42 bits per heavy atom. The van der Waals surface area contributed by atoms with Crippen molar-refractivity contribution in [2.45, 2.75) is 13.8 Å². The third kappa shape index (κ3) is 1.28. The Labute approximate surface area is 75.3 Å². The minimum absolute atomic E-state index is 0.977. The highest BCUT2D eigenvalue weighted by molar-refractivity contribution is 7.13. The van der Waals surface area contributed by atoms with Crippen molar-refractivity contribution < 1.29 is 0 Å². The van der Waals surface area contributed by atoms with Gasteiger partial charge >= 0.3 is 0 Å². The minimum atomic E-state index is 0.977. The molecule has 0 saturated carbocycles. The highest BCUT2D eigenvalue weighted by Gasteiger charge is 2.02. The fraction of sp³-hybridized carbons (Fsp3) is 0.222. The number of rotatable bonds is 1. The first-order valence-corrected chi connectivity index (χ1v) is 4.71. The molecular formula is C9H10N2S. The van der Waals surface area contributed by atoms with Crippen molar-refractivity contribution in [3.05, 3.63) is 28.9 Å². The van der Waals surface area contributed by atoms with Crippen LogP contribution in [0.5, 0.6) is 0 Å². The average Bonchev–Trinajstić information content (AvgIpc) is 2.58. The molecule has 0 unspecified atom stereocenters. The number of aromatic amines is 1. The van der Waals surface area contributed by atoms with Gasteiger partial charge in [0, 0.05) is 11.9 Å². The maximum atomic E-state index is 4.25. The molecule has 1 N–H and O–H groups in total. The first kappa shape index (κ1) is 7.55. The molecule has 0 saturated heterocycles. The van der Waals surface area contributed by atoms with Gasteiger partial charge in [-0.2, -0.15) is 0 Å². The van der Waals surface area contributed by atoms with Crippen LogP contribution in [0.3, 0.4) is 0 Å². The lowest BCUT2D eigenvalue weighted by Crippen LogP contribution is -1.74. The summed E-state index contributed by atoms with van der Waals surface area (Å²) in [5.74, 6) is 0.977. The molecule has 0 aliphatic heterocycles. The van der Waals surface area contributed by atoms with Gasteiger partial charge < -0.3 is 4.98 Å². The Bertz CT molecular complexity index is 348. The monoisotopic (exact) mass is 178 g/mol. The number of H-pyrrole nitrogens is 1. The van der Waals surface area contributed by atoms with Gasteiger partial charge in [0.2, 0.25) is 0 Å². The van der Waals surface area contributed by atoms with Crippen LogP contribution in [0.1, 0.15) is 11.3 Å². The first-order chi connectivity index (χ1) is 5.75. The van der Waals surface area contributed by atoms with Crippen LogP contribution in [0.2, 0.25) is 0 Å². The van der Waals surface area contributed by atoms with Crippen LogP contribution in [0.15, 0.2) is 17.6 Å². The molecule has 2 heterocycles. The van der Waals surface area contributed by atoms with E-state index in [1.807, 2.05) is 13.1 Å². The summed E-state index contributed by atoms with van der Waals surface area (Å²) in [7, 11) is 0. The SMILES string of the molecule is Cc1csc(-c2ncc(C)[nH]2)c1. The topological polar surface area (TPSA) is 28.7 Å². The van der Waals surface area contributed by atoms with Crippen LogP contribution in [0.4, 0.5) is 0 Å². The molecule has 0 spiro atoms. The van der Waals surface area contributed by atoms with Crippen molar-refractivity contribution in [3.63, 3.8) is 0 Å². The lowest BCUT2D eigenvalue weighted by molar-refractivity contribution is 1.26. The maximum absolute atomic E-state index is 4.25. The average molecular weight is 178 g/mol. The second-order valence-corrected chi connectivity index (χ2v) is 3.81.